The lowest BCUT2D eigenvalue weighted by atomic mass is 10.2. The quantitative estimate of drug-likeness (QED) is 0.801. The molecule has 104 valence electrons. The molecule has 0 unspecified atom stereocenters. The predicted molar refractivity (Wildman–Crippen MR) is 76.1 cm³/mol. The number of hydrogen-bond donors (Lipinski definition) is 0. The number of halogens is 1. The van der Waals surface area contributed by atoms with Crippen molar-refractivity contribution in [3.8, 4) is 0 Å². The van der Waals surface area contributed by atoms with Gasteiger partial charge >= 0.3 is 0 Å². The lowest BCUT2D eigenvalue weighted by molar-refractivity contribution is -0.138. The molecule has 0 aliphatic heterocycles. The van der Waals surface area contributed by atoms with E-state index in [9.17, 15) is 4.79 Å². The van der Waals surface area contributed by atoms with E-state index in [0.717, 1.165) is 23.4 Å². The first kappa shape index (κ1) is 14.4. The summed E-state index contributed by atoms with van der Waals surface area (Å²) in [6.07, 6.45) is 2.28. The Bertz CT molecular complexity index is 426. The van der Waals surface area contributed by atoms with Crippen LogP contribution >= 0.6 is 11.6 Å². The summed E-state index contributed by atoms with van der Waals surface area (Å²) in [5, 5.41) is 0.719. The van der Waals surface area contributed by atoms with Gasteiger partial charge in [0.1, 0.15) is 6.61 Å². The molecule has 0 spiro atoms. The number of nitrogens with zero attached hydrogens (tertiary/aromatic N) is 1. The average molecular weight is 282 g/mol. The number of benzene rings is 1. The average Bonchev–Trinajstić information content (AvgIpc) is 3.19. The Hall–Kier alpha value is -1.06. The van der Waals surface area contributed by atoms with Crippen LogP contribution in [-0.4, -0.2) is 29.6 Å². The van der Waals surface area contributed by atoms with Crippen LogP contribution in [0.5, 0.6) is 0 Å². The molecule has 0 N–H and O–H groups in total. The van der Waals surface area contributed by atoms with Crippen LogP contribution in [0.25, 0.3) is 0 Å². The topological polar surface area (TPSA) is 29.5 Å². The van der Waals surface area contributed by atoms with Gasteiger partial charge in [-0.1, -0.05) is 23.7 Å². The third kappa shape index (κ3) is 4.51. The molecule has 1 aromatic carbocycles. The van der Waals surface area contributed by atoms with Gasteiger partial charge in [0.05, 0.1) is 6.10 Å². The van der Waals surface area contributed by atoms with Gasteiger partial charge in [0, 0.05) is 17.6 Å². The Morgan fingerprint density at radius 1 is 1.37 bits per heavy atom. The molecule has 1 aromatic rings. The van der Waals surface area contributed by atoms with E-state index >= 15 is 0 Å². The first-order chi connectivity index (χ1) is 9.06. The van der Waals surface area contributed by atoms with Gasteiger partial charge in [-0.3, -0.25) is 4.79 Å². The van der Waals surface area contributed by atoms with E-state index in [4.69, 9.17) is 16.3 Å². The number of ether oxygens (including phenoxy) is 1. The smallest absolute Gasteiger partial charge is 0.249 e. The first-order valence-electron chi connectivity index (χ1n) is 6.72. The highest BCUT2D eigenvalue weighted by atomic mass is 35.5. The minimum Gasteiger partial charge on any atom is -0.369 e. The lowest BCUT2D eigenvalue weighted by Gasteiger charge is -2.23. The molecule has 1 fully saturated rings. The summed E-state index contributed by atoms with van der Waals surface area (Å²) < 4.78 is 5.41. The second-order valence-corrected chi connectivity index (χ2v) is 5.68. The van der Waals surface area contributed by atoms with Crippen LogP contribution in [0, 0.1) is 0 Å². The molecule has 19 heavy (non-hydrogen) atoms. The zero-order valence-corrected chi connectivity index (χ0v) is 12.2. The highest BCUT2D eigenvalue weighted by Crippen LogP contribution is 2.28. The Morgan fingerprint density at radius 3 is 2.53 bits per heavy atom. The monoisotopic (exact) mass is 281 g/mol. The van der Waals surface area contributed by atoms with Gasteiger partial charge < -0.3 is 9.64 Å². The Morgan fingerprint density at radius 2 is 2.00 bits per heavy atom. The molecule has 0 aromatic heterocycles. The number of amides is 1. The fourth-order valence-corrected chi connectivity index (χ4v) is 2.04. The van der Waals surface area contributed by atoms with Crippen molar-refractivity contribution in [3.63, 3.8) is 0 Å². The largest absolute Gasteiger partial charge is 0.369 e. The summed E-state index contributed by atoms with van der Waals surface area (Å²) in [7, 11) is 0. The fraction of sp³-hybridized carbons (Fsp3) is 0.533. The van der Waals surface area contributed by atoms with Crippen molar-refractivity contribution in [2.45, 2.75) is 45.4 Å². The fourth-order valence-electron chi connectivity index (χ4n) is 1.91. The molecule has 0 bridgehead atoms. The van der Waals surface area contributed by atoms with Gasteiger partial charge in [-0.05, 0) is 44.4 Å². The zero-order valence-electron chi connectivity index (χ0n) is 11.4. The number of hydrogen-bond acceptors (Lipinski definition) is 2. The SMILES string of the molecule is CC(C)OCC(=O)N(Cc1ccc(Cl)cc1)C1CC1. The third-order valence-electron chi connectivity index (χ3n) is 3.11. The molecule has 1 aliphatic carbocycles. The molecular weight excluding hydrogens is 262 g/mol. The van der Waals surface area contributed by atoms with Crippen LogP contribution in [0.1, 0.15) is 32.3 Å². The molecule has 1 amide bonds. The molecule has 4 heteroatoms. The molecule has 0 atom stereocenters. The van der Waals surface area contributed by atoms with Crippen molar-refractivity contribution in [3.05, 3.63) is 34.9 Å². The van der Waals surface area contributed by atoms with E-state index < -0.39 is 0 Å². The summed E-state index contributed by atoms with van der Waals surface area (Å²) in [6, 6.07) is 8.04. The highest BCUT2D eigenvalue weighted by molar-refractivity contribution is 6.30. The maximum Gasteiger partial charge on any atom is 0.249 e. The van der Waals surface area contributed by atoms with Crippen LogP contribution in [0.4, 0.5) is 0 Å². The molecule has 1 aliphatic rings. The van der Waals surface area contributed by atoms with E-state index in [1.165, 1.54) is 0 Å². The van der Waals surface area contributed by atoms with E-state index in [1.807, 2.05) is 43.0 Å². The van der Waals surface area contributed by atoms with Crippen molar-refractivity contribution in [2.24, 2.45) is 0 Å². The van der Waals surface area contributed by atoms with Crippen molar-refractivity contribution in [2.75, 3.05) is 6.61 Å². The van der Waals surface area contributed by atoms with Gasteiger partial charge in [0.15, 0.2) is 0 Å². The maximum absolute atomic E-state index is 12.2. The van der Waals surface area contributed by atoms with Crippen molar-refractivity contribution >= 4 is 17.5 Å². The van der Waals surface area contributed by atoms with Crippen LogP contribution < -0.4 is 0 Å². The molecule has 0 radical (unpaired) electrons. The molecule has 0 heterocycles. The van der Waals surface area contributed by atoms with Gasteiger partial charge in [-0.25, -0.2) is 0 Å². The highest BCUT2D eigenvalue weighted by Gasteiger charge is 2.32. The van der Waals surface area contributed by atoms with Gasteiger partial charge in [0.2, 0.25) is 5.91 Å². The van der Waals surface area contributed by atoms with E-state index in [-0.39, 0.29) is 18.6 Å². The van der Waals surface area contributed by atoms with Crippen LogP contribution in [0.3, 0.4) is 0 Å². The van der Waals surface area contributed by atoms with Crippen molar-refractivity contribution < 1.29 is 9.53 Å². The molecular formula is C15H20ClNO2. The van der Waals surface area contributed by atoms with Crippen molar-refractivity contribution in [1.29, 1.82) is 0 Å². The van der Waals surface area contributed by atoms with E-state index in [0.29, 0.717) is 12.6 Å². The third-order valence-corrected chi connectivity index (χ3v) is 3.37. The van der Waals surface area contributed by atoms with Crippen molar-refractivity contribution in [1.82, 2.24) is 4.90 Å². The van der Waals surface area contributed by atoms with Gasteiger partial charge in [0.25, 0.3) is 0 Å². The Balaban J connectivity index is 1.96. The van der Waals surface area contributed by atoms with E-state index in [1.54, 1.807) is 0 Å². The first-order valence-corrected chi connectivity index (χ1v) is 7.09. The van der Waals surface area contributed by atoms with Crippen LogP contribution in [-0.2, 0) is 16.1 Å². The number of carbonyl (C=O) groups excluding carboxylic acids is 1. The molecule has 0 saturated heterocycles. The second kappa shape index (κ2) is 6.40. The molecule has 2 rings (SSSR count). The normalized spacial score (nSPS) is 14.7. The summed E-state index contributed by atoms with van der Waals surface area (Å²) >= 11 is 5.87. The summed E-state index contributed by atoms with van der Waals surface area (Å²) in [4.78, 5) is 14.1. The lowest BCUT2D eigenvalue weighted by Crippen LogP contribution is -2.36. The number of rotatable bonds is 6. The standard InChI is InChI=1S/C15H20ClNO2/c1-11(2)19-10-15(18)17(14-7-8-14)9-12-3-5-13(16)6-4-12/h3-6,11,14H,7-10H2,1-2H3. The minimum atomic E-state index is 0.0751. The second-order valence-electron chi connectivity index (χ2n) is 5.24. The van der Waals surface area contributed by atoms with Gasteiger partial charge in [-0.2, -0.15) is 0 Å². The summed E-state index contributed by atoms with van der Waals surface area (Å²) in [6.45, 7) is 4.69. The van der Waals surface area contributed by atoms with Gasteiger partial charge in [-0.15, -0.1) is 0 Å². The Labute approximate surface area is 119 Å². The molecule has 3 nitrogen and oxygen atoms in total. The predicted octanol–water partition coefficient (Wildman–Crippen LogP) is 3.26. The summed E-state index contributed by atoms with van der Waals surface area (Å²) in [5.41, 5.74) is 1.11. The Kier molecular flexibility index (Phi) is 4.83. The summed E-state index contributed by atoms with van der Waals surface area (Å²) in [5.74, 6) is 0.0751. The number of carbonyl (C=O) groups is 1. The van der Waals surface area contributed by atoms with E-state index in [2.05, 4.69) is 0 Å². The minimum absolute atomic E-state index is 0.0751. The molecule has 1 saturated carbocycles. The van der Waals surface area contributed by atoms with Crippen LogP contribution in [0.15, 0.2) is 24.3 Å². The maximum atomic E-state index is 12.2. The zero-order chi connectivity index (χ0) is 13.8. The van der Waals surface area contributed by atoms with Crippen LogP contribution in [0.2, 0.25) is 5.02 Å².